The minimum Gasteiger partial charge on any atom is -0.328 e. The molecule has 0 unspecified atom stereocenters. The van der Waals surface area contributed by atoms with E-state index in [0.29, 0.717) is 17.3 Å². The van der Waals surface area contributed by atoms with Gasteiger partial charge in [0, 0.05) is 24.3 Å². The van der Waals surface area contributed by atoms with Crippen LogP contribution in [0.25, 0.3) is 21.9 Å². The van der Waals surface area contributed by atoms with Gasteiger partial charge in [0.05, 0.1) is 15.9 Å². The number of rotatable bonds is 2. The van der Waals surface area contributed by atoms with E-state index in [2.05, 4.69) is 27.1 Å². The Bertz CT molecular complexity index is 1120. The molecule has 0 saturated carbocycles. The quantitative estimate of drug-likeness (QED) is 0.558. The summed E-state index contributed by atoms with van der Waals surface area (Å²) >= 11 is 6.03. The fourth-order valence-electron chi connectivity index (χ4n) is 2.97. The van der Waals surface area contributed by atoms with Gasteiger partial charge >= 0.3 is 0 Å². The number of halogens is 1. The van der Waals surface area contributed by atoms with E-state index in [-0.39, 0.29) is 0 Å². The van der Waals surface area contributed by atoms with E-state index < -0.39 is 0 Å². The lowest BCUT2D eigenvalue weighted by molar-refractivity contribution is 0.822. The largest absolute Gasteiger partial charge is 0.328 e. The molecule has 5 nitrogen and oxygen atoms in total. The van der Waals surface area contributed by atoms with Crippen LogP contribution in [0.4, 0.5) is 0 Å². The lowest BCUT2D eigenvalue weighted by atomic mass is 10.1. The first-order valence-electron chi connectivity index (χ1n) is 7.40. The Morgan fingerprint density at radius 2 is 2.08 bits per heavy atom. The maximum Gasteiger partial charge on any atom is 0.153 e. The highest BCUT2D eigenvalue weighted by molar-refractivity contribution is 6.31. The highest BCUT2D eigenvalue weighted by Gasteiger charge is 2.12. The van der Waals surface area contributed by atoms with Gasteiger partial charge in [-0.1, -0.05) is 17.7 Å². The van der Waals surface area contributed by atoms with Crippen LogP contribution in [-0.2, 0) is 6.54 Å². The molecule has 0 saturated heterocycles. The second-order valence-corrected chi connectivity index (χ2v) is 6.09. The Kier molecular flexibility index (Phi) is 3.40. The third-order valence-electron chi connectivity index (χ3n) is 4.01. The number of fused-ring (bicyclic) bond motifs is 2. The Morgan fingerprint density at radius 1 is 1.21 bits per heavy atom. The molecule has 116 valence electrons. The summed E-state index contributed by atoms with van der Waals surface area (Å²) in [6, 6.07) is 10.1. The zero-order valence-electron chi connectivity index (χ0n) is 12.9. The van der Waals surface area contributed by atoms with Gasteiger partial charge in [-0.15, -0.1) is 0 Å². The molecule has 0 bridgehead atoms. The predicted molar refractivity (Wildman–Crippen MR) is 92.8 cm³/mol. The second kappa shape index (κ2) is 5.59. The van der Waals surface area contributed by atoms with E-state index in [1.165, 1.54) is 6.33 Å². The Labute approximate surface area is 143 Å². The van der Waals surface area contributed by atoms with Gasteiger partial charge in [-0.2, -0.15) is 5.26 Å². The number of hydrogen-bond acceptors (Lipinski definition) is 4. The number of aromatic nitrogens is 4. The minimum absolute atomic E-state index is 0.408. The molecule has 0 atom stereocenters. The van der Waals surface area contributed by atoms with Crippen LogP contribution in [-0.4, -0.2) is 19.5 Å². The van der Waals surface area contributed by atoms with Crippen LogP contribution >= 0.6 is 11.6 Å². The van der Waals surface area contributed by atoms with Crippen molar-refractivity contribution in [3.8, 4) is 6.07 Å². The van der Waals surface area contributed by atoms with Crippen molar-refractivity contribution >= 4 is 33.5 Å². The number of hydrogen-bond donors (Lipinski definition) is 0. The summed E-state index contributed by atoms with van der Waals surface area (Å²) in [5.41, 5.74) is 4.19. The highest BCUT2D eigenvalue weighted by atomic mass is 35.5. The first kappa shape index (κ1) is 14.6. The smallest absolute Gasteiger partial charge is 0.153 e. The molecule has 3 aromatic heterocycles. The fraction of sp³-hybridized carbons (Fsp3) is 0.111. The van der Waals surface area contributed by atoms with Gasteiger partial charge in [0.1, 0.15) is 18.0 Å². The van der Waals surface area contributed by atoms with Crippen LogP contribution in [0.1, 0.15) is 16.8 Å². The van der Waals surface area contributed by atoms with Crippen LogP contribution in [0.3, 0.4) is 0 Å². The molecule has 0 fully saturated rings. The zero-order chi connectivity index (χ0) is 16.7. The molecule has 6 heteroatoms. The molecule has 1 aromatic carbocycles. The van der Waals surface area contributed by atoms with Crippen LogP contribution < -0.4 is 0 Å². The van der Waals surface area contributed by atoms with Crippen molar-refractivity contribution in [2.45, 2.75) is 13.5 Å². The molecule has 0 aliphatic carbocycles. The molecule has 0 N–H and O–H groups in total. The summed E-state index contributed by atoms with van der Waals surface area (Å²) in [7, 11) is 0. The van der Waals surface area contributed by atoms with E-state index in [1.54, 1.807) is 6.20 Å². The first-order chi connectivity index (χ1) is 11.7. The normalized spacial score (nSPS) is 11.0. The van der Waals surface area contributed by atoms with Gasteiger partial charge in [0.15, 0.2) is 5.69 Å². The standard InChI is InChI=1S/C18H12ClN5/c1-11-8-24(18-17(11)16(6-20)22-10-23-18)9-12-2-3-15-13(4-12)5-14(19)7-21-15/h2-5,7-8,10H,9H2,1H3. The average molecular weight is 334 g/mol. The molecule has 0 spiro atoms. The van der Waals surface area contributed by atoms with Crippen molar-refractivity contribution in [3.05, 3.63) is 64.8 Å². The third kappa shape index (κ3) is 2.38. The van der Waals surface area contributed by atoms with Crippen molar-refractivity contribution in [2.24, 2.45) is 0 Å². The Balaban J connectivity index is 1.81. The van der Waals surface area contributed by atoms with Crippen molar-refractivity contribution in [1.29, 1.82) is 5.26 Å². The van der Waals surface area contributed by atoms with Crippen molar-refractivity contribution < 1.29 is 0 Å². The maximum atomic E-state index is 9.23. The van der Waals surface area contributed by atoms with Crippen LogP contribution in [0.5, 0.6) is 0 Å². The third-order valence-corrected chi connectivity index (χ3v) is 4.22. The van der Waals surface area contributed by atoms with Gasteiger partial charge in [0.25, 0.3) is 0 Å². The molecule has 0 radical (unpaired) electrons. The van der Waals surface area contributed by atoms with Gasteiger partial charge < -0.3 is 4.57 Å². The van der Waals surface area contributed by atoms with Crippen molar-refractivity contribution in [1.82, 2.24) is 19.5 Å². The maximum absolute atomic E-state index is 9.23. The summed E-state index contributed by atoms with van der Waals surface area (Å²) in [5, 5.41) is 11.7. The van der Waals surface area contributed by atoms with E-state index in [9.17, 15) is 5.26 Å². The lowest BCUT2D eigenvalue weighted by Gasteiger charge is -2.06. The first-order valence-corrected chi connectivity index (χ1v) is 7.78. The van der Waals surface area contributed by atoms with E-state index in [0.717, 1.165) is 33.1 Å². The summed E-state index contributed by atoms with van der Waals surface area (Å²) in [6.07, 6.45) is 5.08. The Hall–Kier alpha value is -2.97. The van der Waals surface area contributed by atoms with E-state index in [4.69, 9.17) is 11.6 Å². The number of nitriles is 1. The van der Waals surface area contributed by atoms with E-state index >= 15 is 0 Å². The molecule has 4 rings (SSSR count). The second-order valence-electron chi connectivity index (χ2n) is 5.65. The lowest BCUT2D eigenvalue weighted by Crippen LogP contribution is -2.00. The Morgan fingerprint density at radius 3 is 2.92 bits per heavy atom. The number of pyridine rings is 1. The molecule has 4 aromatic rings. The summed E-state index contributed by atoms with van der Waals surface area (Å²) < 4.78 is 2.03. The van der Waals surface area contributed by atoms with Gasteiger partial charge in [-0.3, -0.25) is 4.98 Å². The molecule has 24 heavy (non-hydrogen) atoms. The van der Waals surface area contributed by atoms with Crippen LogP contribution in [0.15, 0.2) is 43.0 Å². The summed E-state index contributed by atoms with van der Waals surface area (Å²) in [6.45, 7) is 2.61. The zero-order valence-corrected chi connectivity index (χ0v) is 13.6. The van der Waals surface area contributed by atoms with Crippen molar-refractivity contribution in [3.63, 3.8) is 0 Å². The number of aryl methyl sites for hydroxylation is 1. The van der Waals surface area contributed by atoms with Crippen LogP contribution in [0.2, 0.25) is 5.02 Å². The monoisotopic (exact) mass is 333 g/mol. The summed E-state index contributed by atoms with van der Waals surface area (Å²) in [5.74, 6) is 0. The number of nitrogens with zero attached hydrogens (tertiary/aromatic N) is 5. The molecule has 0 amide bonds. The number of benzene rings is 1. The van der Waals surface area contributed by atoms with Gasteiger partial charge in [-0.05, 0) is 36.2 Å². The van der Waals surface area contributed by atoms with Gasteiger partial charge in [-0.25, -0.2) is 9.97 Å². The van der Waals surface area contributed by atoms with Crippen molar-refractivity contribution in [2.75, 3.05) is 0 Å². The molecule has 3 heterocycles. The van der Waals surface area contributed by atoms with E-state index in [1.807, 2.05) is 35.9 Å². The topological polar surface area (TPSA) is 67.4 Å². The molecular weight excluding hydrogens is 322 g/mol. The average Bonchev–Trinajstić information content (AvgIpc) is 2.90. The predicted octanol–water partition coefficient (Wildman–Crippen LogP) is 3.86. The SMILES string of the molecule is Cc1cn(Cc2ccc3ncc(Cl)cc3c2)c2ncnc(C#N)c12. The van der Waals surface area contributed by atoms with Gasteiger partial charge in [0.2, 0.25) is 0 Å². The summed E-state index contributed by atoms with van der Waals surface area (Å²) in [4.78, 5) is 12.7. The van der Waals surface area contributed by atoms with Crippen LogP contribution in [0, 0.1) is 18.3 Å². The molecule has 0 aliphatic heterocycles. The highest BCUT2D eigenvalue weighted by Crippen LogP contribution is 2.23. The fourth-order valence-corrected chi connectivity index (χ4v) is 3.14. The molecular formula is C18H12ClN5. The molecule has 0 aliphatic rings. The minimum atomic E-state index is 0.408.